The lowest BCUT2D eigenvalue weighted by Crippen LogP contribution is -2.08. The second kappa shape index (κ2) is 6.03. The third-order valence-corrected chi connectivity index (χ3v) is 2.61. The largest absolute Gasteiger partial charge is 0.478 e. The van der Waals surface area contributed by atoms with E-state index in [0.717, 1.165) is 31.2 Å². The van der Waals surface area contributed by atoms with E-state index in [-0.39, 0.29) is 11.1 Å². The summed E-state index contributed by atoms with van der Waals surface area (Å²) in [4.78, 5) is 21.8. The van der Waals surface area contributed by atoms with Gasteiger partial charge in [-0.05, 0) is 30.5 Å². The zero-order valence-corrected chi connectivity index (χ0v) is 9.77. The van der Waals surface area contributed by atoms with Crippen molar-refractivity contribution in [2.24, 2.45) is 0 Å². The van der Waals surface area contributed by atoms with E-state index in [1.54, 1.807) is 6.07 Å². The van der Waals surface area contributed by atoms with E-state index >= 15 is 0 Å². The van der Waals surface area contributed by atoms with E-state index in [1.165, 1.54) is 12.1 Å². The summed E-state index contributed by atoms with van der Waals surface area (Å²) in [5.74, 6) is -2.40. The number of unbranched alkanes of at least 4 members (excludes halogenated alkanes) is 2. The van der Waals surface area contributed by atoms with Crippen LogP contribution in [0.4, 0.5) is 0 Å². The Balaban J connectivity index is 2.94. The van der Waals surface area contributed by atoms with Gasteiger partial charge in [-0.25, -0.2) is 9.59 Å². The summed E-state index contributed by atoms with van der Waals surface area (Å²) in [6, 6.07) is 4.51. The van der Waals surface area contributed by atoms with Crippen molar-refractivity contribution in [2.45, 2.75) is 32.6 Å². The third kappa shape index (κ3) is 3.59. The van der Waals surface area contributed by atoms with Gasteiger partial charge in [0.25, 0.3) is 0 Å². The van der Waals surface area contributed by atoms with Crippen molar-refractivity contribution in [3.8, 4) is 0 Å². The Bertz CT molecular complexity index is 423. The van der Waals surface area contributed by atoms with Gasteiger partial charge in [-0.2, -0.15) is 0 Å². The van der Waals surface area contributed by atoms with Crippen LogP contribution in [0.1, 0.15) is 52.5 Å². The van der Waals surface area contributed by atoms with E-state index in [1.807, 2.05) is 0 Å². The molecule has 0 bridgehead atoms. The minimum atomic E-state index is -1.21. The first-order valence-corrected chi connectivity index (χ1v) is 5.65. The predicted molar refractivity (Wildman–Crippen MR) is 63.6 cm³/mol. The van der Waals surface area contributed by atoms with Crippen molar-refractivity contribution in [1.82, 2.24) is 0 Å². The van der Waals surface area contributed by atoms with Crippen LogP contribution < -0.4 is 0 Å². The maximum atomic E-state index is 10.9. The zero-order valence-electron chi connectivity index (χ0n) is 9.77. The molecule has 1 aromatic carbocycles. The van der Waals surface area contributed by atoms with Gasteiger partial charge >= 0.3 is 11.9 Å². The zero-order chi connectivity index (χ0) is 12.8. The molecule has 2 N–H and O–H groups in total. The van der Waals surface area contributed by atoms with Gasteiger partial charge in [0.15, 0.2) is 0 Å². The maximum Gasteiger partial charge on any atom is 0.336 e. The van der Waals surface area contributed by atoms with E-state index < -0.39 is 11.9 Å². The normalized spacial score (nSPS) is 10.2. The molecule has 1 rings (SSSR count). The summed E-state index contributed by atoms with van der Waals surface area (Å²) in [7, 11) is 0. The average molecular weight is 236 g/mol. The number of aryl methyl sites for hydroxylation is 1. The summed E-state index contributed by atoms with van der Waals surface area (Å²) in [6.07, 6.45) is 3.96. The summed E-state index contributed by atoms with van der Waals surface area (Å²) in [5, 5.41) is 17.8. The molecule has 0 radical (unpaired) electrons. The second-order valence-corrected chi connectivity index (χ2v) is 3.95. The number of hydrogen-bond acceptors (Lipinski definition) is 2. The van der Waals surface area contributed by atoms with Crippen molar-refractivity contribution in [3.63, 3.8) is 0 Å². The Labute approximate surface area is 99.9 Å². The van der Waals surface area contributed by atoms with Gasteiger partial charge < -0.3 is 10.2 Å². The van der Waals surface area contributed by atoms with Crippen LogP contribution in [0.2, 0.25) is 0 Å². The quantitative estimate of drug-likeness (QED) is 0.745. The molecule has 0 aliphatic carbocycles. The van der Waals surface area contributed by atoms with Crippen LogP contribution in [0, 0.1) is 0 Å². The Morgan fingerprint density at radius 1 is 1.06 bits per heavy atom. The van der Waals surface area contributed by atoms with E-state index in [9.17, 15) is 9.59 Å². The SMILES string of the molecule is CCCCCc1ccc(C(=O)O)c(C(=O)O)c1. The second-order valence-electron chi connectivity index (χ2n) is 3.95. The summed E-state index contributed by atoms with van der Waals surface area (Å²) >= 11 is 0. The van der Waals surface area contributed by atoms with Crippen LogP contribution >= 0.6 is 0 Å². The van der Waals surface area contributed by atoms with Gasteiger partial charge in [0.1, 0.15) is 0 Å². The summed E-state index contributed by atoms with van der Waals surface area (Å²) in [5.41, 5.74) is 0.587. The van der Waals surface area contributed by atoms with Gasteiger partial charge in [0.2, 0.25) is 0 Å². The maximum absolute atomic E-state index is 10.9. The van der Waals surface area contributed by atoms with E-state index in [2.05, 4.69) is 6.92 Å². The van der Waals surface area contributed by atoms with Crippen LogP contribution in [-0.2, 0) is 6.42 Å². The summed E-state index contributed by atoms with van der Waals surface area (Å²) in [6.45, 7) is 2.09. The molecular weight excluding hydrogens is 220 g/mol. The topological polar surface area (TPSA) is 74.6 Å². The molecule has 0 saturated heterocycles. The van der Waals surface area contributed by atoms with Crippen molar-refractivity contribution >= 4 is 11.9 Å². The number of carbonyl (C=O) groups is 2. The fraction of sp³-hybridized carbons (Fsp3) is 0.385. The molecule has 1 aromatic rings. The fourth-order valence-electron chi connectivity index (χ4n) is 1.69. The molecule has 0 fully saturated rings. The van der Waals surface area contributed by atoms with Gasteiger partial charge in [-0.1, -0.05) is 25.8 Å². The number of carboxylic acid groups (broad SMARTS) is 2. The molecule has 17 heavy (non-hydrogen) atoms. The number of rotatable bonds is 6. The lowest BCUT2D eigenvalue weighted by Gasteiger charge is -2.05. The minimum absolute atomic E-state index is 0.133. The van der Waals surface area contributed by atoms with Crippen molar-refractivity contribution in [2.75, 3.05) is 0 Å². The van der Waals surface area contributed by atoms with Gasteiger partial charge in [-0.15, -0.1) is 0 Å². The van der Waals surface area contributed by atoms with Crippen LogP contribution in [0.15, 0.2) is 18.2 Å². The number of carboxylic acids is 2. The molecule has 0 heterocycles. The number of benzene rings is 1. The van der Waals surface area contributed by atoms with Crippen molar-refractivity contribution in [1.29, 1.82) is 0 Å². The Morgan fingerprint density at radius 3 is 2.24 bits per heavy atom. The standard InChI is InChI=1S/C13H16O4/c1-2-3-4-5-9-6-7-10(12(14)15)11(8-9)13(16)17/h6-8H,2-5H2,1H3,(H,14,15)(H,16,17). The molecule has 0 unspecified atom stereocenters. The first kappa shape index (κ1) is 13.2. The molecule has 92 valence electrons. The van der Waals surface area contributed by atoms with Crippen LogP contribution in [0.25, 0.3) is 0 Å². The van der Waals surface area contributed by atoms with Gasteiger partial charge in [0.05, 0.1) is 11.1 Å². The molecule has 0 spiro atoms. The lowest BCUT2D eigenvalue weighted by atomic mass is 10.0. The number of aromatic carboxylic acids is 2. The van der Waals surface area contributed by atoms with Crippen molar-refractivity contribution < 1.29 is 19.8 Å². The van der Waals surface area contributed by atoms with Crippen molar-refractivity contribution in [3.05, 3.63) is 34.9 Å². The highest BCUT2D eigenvalue weighted by atomic mass is 16.4. The molecule has 0 aromatic heterocycles. The molecule has 0 aliphatic heterocycles. The third-order valence-electron chi connectivity index (χ3n) is 2.61. The monoisotopic (exact) mass is 236 g/mol. The molecule has 4 nitrogen and oxygen atoms in total. The smallest absolute Gasteiger partial charge is 0.336 e. The first-order chi connectivity index (χ1) is 8.06. The summed E-state index contributed by atoms with van der Waals surface area (Å²) < 4.78 is 0. The average Bonchev–Trinajstić information content (AvgIpc) is 2.29. The molecule has 0 saturated carbocycles. The highest BCUT2D eigenvalue weighted by Gasteiger charge is 2.15. The predicted octanol–water partition coefficient (Wildman–Crippen LogP) is 2.82. The molecular formula is C13H16O4. The Kier molecular flexibility index (Phi) is 4.69. The molecule has 0 atom stereocenters. The van der Waals surface area contributed by atoms with Gasteiger partial charge in [-0.3, -0.25) is 0 Å². The van der Waals surface area contributed by atoms with Crippen LogP contribution in [0.5, 0.6) is 0 Å². The number of hydrogen-bond donors (Lipinski definition) is 2. The first-order valence-electron chi connectivity index (χ1n) is 5.65. The highest BCUT2D eigenvalue weighted by molar-refractivity contribution is 6.01. The Morgan fingerprint density at radius 2 is 1.71 bits per heavy atom. The fourth-order valence-corrected chi connectivity index (χ4v) is 1.69. The molecule has 4 heteroatoms. The van der Waals surface area contributed by atoms with E-state index in [0.29, 0.717) is 0 Å². The minimum Gasteiger partial charge on any atom is -0.478 e. The molecule has 0 aliphatic rings. The van der Waals surface area contributed by atoms with Crippen LogP contribution in [-0.4, -0.2) is 22.2 Å². The van der Waals surface area contributed by atoms with E-state index in [4.69, 9.17) is 10.2 Å². The van der Waals surface area contributed by atoms with Crippen LogP contribution in [0.3, 0.4) is 0 Å². The lowest BCUT2D eigenvalue weighted by molar-refractivity contribution is 0.0651. The highest BCUT2D eigenvalue weighted by Crippen LogP contribution is 2.15. The van der Waals surface area contributed by atoms with Gasteiger partial charge in [0, 0.05) is 0 Å². The molecule has 0 amide bonds. The Hall–Kier alpha value is -1.84.